The molecule has 22 heavy (non-hydrogen) atoms. The molecule has 1 aliphatic heterocycles. The van der Waals surface area contributed by atoms with Gasteiger partial charge in [0.15, 0.2) is 5.96 Å². The van der Waals surface area contributed by atoms with Crippen LogP contribution in [0.4, 0.5) is 0 Å². The first kappa shape index (κ1) is 18.7. The van der Waals surface area contributed by atoms with Gasteiger partial charge in [0.05, 0.1) is 0 Å². The molecule has 0 amide bonds. The molecule has 0 unspecified atom stereocenters. The lowest BCUT2D eigenvalue weighted by atomic mass is 10.1. The third-order valence-corrected chi connectivity index (χ3v) is 3.51. The van der Waals surface area contributed by atoms with Crippen LogP contribution in [0.2, 0.25) is 0 Å². The van der Waals surface area contributed by atoms with Crippen molar-refractivity contribution in [3.63, 3.8) is 0 Å². The Hall–Kier alpha value is -1.30. The lowest BCUT2D eigenvalue weighted by Gasteiger charge is -2.32. The van der Waals surface area contributed by atoms with Gasteiger partial charge < -0.3 is 20.3 Å². The molecule has 1 rings (SSSR count). The predicted octanol–water partition coefficient (Wildman–Crippen LogP) is 1.37. The fourth-order valence-electron chi connectivity index (χ4n) is 2.54. The van der Waals surface area contributed by atoms with Crippen molar-refractivity contribution in [2.24, 2.45) is 4.99 Å². The molecule has 0 bridgehead atoms. The van der Waals surface area contributed by atoms with Crippen LogP contribution < -0.4 is 10.6 Å². The van der Waals surface area contributed by atoms with Crippen LogP contribution in [-0.4, -0.2) is 61.7 Å². The van der Waals surface area contributed by atoms with Crippen LogP contribution in [0.1, 0.15) is 47.0 Å². The molecular weight excluding hydrogens is 280 g/mol. The second-order valence-corrected chi connectivity index (χ2v) is 6.77. The number of rotatable bonds is 5. The normalized spacial score (nSPS) is 18.1. The lowest BCUT2D eigenvalue weighted by molar-refractivity contribution is -0.153. The minimum absolute atomic E-state index is 0.131. The number of likely N-dealkylation sites (tertiary alicyclic amines) is 1. The number of aliphatic imine (C=N–C) groups is 1. The summed E-state index contributed by atoms with van der Waals surface area (Å²) in [6.07, 6.45) is 3.41. The maximum absolute atomic E-state index is 11.7. The lowest BCUT2D eigenvalue weighted by Crippen LogP contribution is -2.49. The van der Waals surface area contributed by atoms with Gasteiger partial charge in [-0.05, 0) is 46.6 Å². The molecule has 2 N–H and O–H groups in total. The van der Waals surface area contributed by atoms with Crippen molar-refractivity contribution in [2.75, 3.05) is 33.2 Å². The van der Waals surface area contributed by atoms with E-state index in [1.165, 1.54) is 13.0 Å². The van der Waals surface area contributed by atoms with Crippen molar-refractivity contribution >= 4 is 11.9 Å². The van der Waals surface area contributed by atoms with E-state index in [2.05, 4.69) is 27.4 Å². The monoisotopic (exact) mass is 312 g/mol. The third-order valence-electron chi connectivity index (χ3n) is 3.51. The first-order valence-corrected chi connectivity index (χ1v) is 8.25. The molecule has 0 spiro atoms. The molecule has 0 radical (unpaired) electrons. The van der Waals surface area contributed by atoms with Crippen LogP contribution in [0.3, 0.4) is 0 Å². The molecule has 0 atom stereocenters. The summed E-state index contributed by atoms with van der Waals surface area (Å²) in [6.45, 7) is 11.4. The zero-order chi connectivity index (χ0) is 16.6. The largest absolute Gasteiger partial charge is 0.459 e. The van der Waals surface area contributed by atoms with Crippen LogP contribution >= 0.6 is 0 Å². The maximum atomic E-state index is 11.7. The Balaban J connectivity index is 2.30. The van der Waals surface area contributed by atoms with Gasteiger partial charge in [0.1, 0.15) is 12.1 Å². The van der Waals surface area contributed by atoms with Crippen LogP contribution in [0.25, 0.3) is 0 Å². The van der Waals surface area contributed by atoms with Gasteiger partial charge in [-0.25, -0.2) is 0 Å². The van der Waals surface area contributed by atoms with Crippen LogP contribution in [0, 0.1) is 0 Å². The molecule has 1 aliphatic rings. The topological polar surface area (TPSA) is 66.0 Å². The molecule has 1 saturated heterocycles. The fourth-order valence-corrected chi connectivity index (χ4v) is 2.54. The van der Waals surface area contributed by atoms with E-state index in [9.17, 15) is 4.79 Å². The van der Waals surface area contributed by atoms with Crippen LogP contribution in [-0.2, 0) is 9.53 Å². The number of carbonyl (C=O) groups is 1. The highest BCUT2D eigenvalue weighted by molar-refractivity contribution is 5.84. The molecule has 6 heteroatoms. The molecule has 0 aromatic rings. The molecule has 0 aromatic carbocycles. The number of carbonyl (C=O) groups excluding carboxylic acids is 1. The number of nitrogens with zero attached hydrogens (tertiary/aromatic N) is 2. The highest BCUT2D eigenvalue weighted by Crippen LogP contribution is 2.10. The highest BCUT2D eigenvalue weighted by atomic mass is 16.6. The van der Waals surface area contributed by atoms with E-state index < -0.39 is 5.60 Å². The number of guanidine groups is 1. The van der Waals surface area contributed by atoms with Crippen LogP contribution in [0.15, 0.2) is 4.99 Å². The Morgan fingerprint density at radius 2 is 1.95 bits per heavy atom. The van der Waals surface area contributed by atoms with Gasteiger partial charge in [-0.3, -0.25) is 9.79 Å². The van der Waals surface area contributed by atoms with Crippen molar-refractivity contribution in [3.8, 4) is 0 Å². The van der Waals surface area contributed by atoms with Crippen molar-refractivity contribution in [3.05, 3.63) is 0 Å². The Morgan fingerprint density at radius 3 is 2.45 bits per heavy atom. The molecule has 128 valence electrons. The van der Waals surface area contributed by atoms with E-state index in [4.69, 9.17) is 4.74 Å². The maximum Gasteiger partial charge on any atom is 0.325 e. The summed E-state index contributed by atoms with van der Waals surface area (Å²) in [5.74, 6) is 0.396. The standard InChI is InChI=1S/C16H32N4O2/c1-6-9-20-10-7-13(8-11-20)19-15(17-5)18-12-14(21)22-16(2,3)4/h13H,6-12H2,1-5H3,(H2,17,18,19). The van der Waals surface area contributed by atoms with E-state index in [1.807, 2.05) is 20.8 Å². The average molecular weight is 312 g/mol. The Morgan fingerprint density at radius 1 is 1.32 bits per heavy atom. The Kier molecular flexibility index (Phi) is 7.65. The van der Waals surface area contributed by atoms with Gasteiger partial charge in [-0.15, -0.1) is 0 Å². The first-order chi connectivity index (χ1) is 10.3. The van der Waals surface area contributed by atoms with Gasteiger partial charge in [0.25, 0.3) is 0 Å². The first-order valence-electron chi connectivity index (χ1n) is 8.25. The zero-order valence-corrected chi connectivity index (χ0v) is 14.7. The number of piperidine rings is 1. The van der Waals surface area contributed by atoms with Crippen molar-refractivity contribution in [1.82, 2.24) is 15.5 Å². The van der Waals surface area contributed by atoms with Gasteiger partial charge in [-0.1, -0.05) is 6.92 Å². The Bertz CT molecular complexity index is 369. The number of hydrogen-bond donors (Lipinski definition) is 2. The number of ether oxygens (including phenoxy) is 1. The summed E-state index contributed by atoms with van der Waals surface area (Å²) < 4.78 is 5.27. The van der Waals surface area contributed by atoms with Crippen molar-refractivity contribution in [2.45, 2.75) is 58.6 Å². The van der Waals surface area contributed by atoms with Gasteiger partial charge in [-0.2, -0.15) is 0 Å². The summed E-state index contributed by atoms with van der Waals surface area (Å²) in [7, 11) is 1.72. The van der Waals surface area contributed by atoms with E-state index in [0.717, 1.165) is 25.9 Å². The molecule has 1 heterocycles. The minimum Gasteiger partial charge on any atom is -0.459 e. The Labute approximate surface area is 134 Å². The van der Waals surface area contributed by atoms with E-state index >= 15 is 0 Å². The third kappa shape index (κ3) is 7.64. The summed E-state index contributed by atoms with van der Waals surface area (Å²) in [6, 6.07) is 0.415. The molecule has 0 aromatic heterocycles. The number of nitrogens with one attached hydrogen (secondary N) is 2. The number of esters is 1. The minimum atomic E-state index is -0.457. The van der Waals surface area contributed by atoms with Crippen molar-refractivity contribution in [1.29, 1.82) is 0 Å². The van der Waals surface area contributed by atoms with E-state index in [-0.39, 0.29) is 12.5 Å². The summed E-state index contributed by atoms with van der Waals surface area (Å²) >= 11 is 0. The van der Waals surface area contributed by atoms with Crippen LogP contribution in [0.5, 0.6) is 0 Å². The van der Waals surface area contributed by atoms with Crippen molar-refractivity contribution < 1.29 is 9.53 Å². The average Bonchev–Trinajstić information content (AvgIpc) is 2.43. The fraction of sp³-hybridized carbons (Fsp3) is 0.875. The van der Waals surface area contributed by atoms with Gasteiger partial charge in [0.2, 0.25) is 0 Å². The number of hydrogen-bond acceptors (Lipinski definition) is 4. The van der Waals surface area contributed by atoms with E-state index in [0.29, 0.717) is 12.0 Å². The smallest absolute Gasteiger partial charge is 0.325 e. The summed E-state index contributed by atoms with van der Waals surface area (Å²) in [5, 5.41) is 6.42. The molecule has 0 aliphatic carbocycles. The molecule has 0 saturated carbocycles. The highest BCUT2D eigenvalue weighted by Gasteiger charge is 2.20. The quantitative estimate of drug-likeness (QED) is 0.456. The summed E-state index contributed by atoms with van der Waals surface area (Å²) in [4.78, 5) is 18.4. The summed E-state index contributed by atoms with van der Waals surface area (Å²) in [5.41, 5.74) is -0.457. The second kappa shape index (κ2) is 8.98. The zero-order valence-electron chi connectivity index (χ0n) is 14.7. The molecular formula is C16H32N4O2. The van der Waals surface area contributed by atoms with Gasteiger partial charge >= 0.3 is 5.97 Å². The predicted molar refractivity (Wildman–Crippen MR) is 90.1 cm³/mol. The molecule has 6 nitrogen and oxygen atoms in total. The second-order valence-electron chi connectivity index (χ2n) is 6.77. The van der Waals surface area contributed by atoms with Gasteiger partial charge in [0, 0.05) is 26.2 Å². The molecule has 1 fully saturated rings. The van der Waals surface area contributed by atoms with E-state index in [1.54, 1.807) is 7.05 Å². The SMILES string of the molecule is CCCN1CCC(NC(=NC)NCC(=O)OC(C)(C)C)CC1.